The largest absolute Gasteiger partial charge is 0.481 e. The van der Waals surface area contributed by atoms with Crippen LogP contribution in [0.5, 0.6) is 0 Å². The van der Waals surface area contributed by atoms with Gasteiger partial charge in [0.15, 0.2) is 0 Å². The molecule has 0 amide bonds. The standard InChI is InChI=1S/C9H18O4/c1-5-9(12,6-13-4)8(2,3)7(10)11/h12H,5-6H2,1-4H3,(H,10,11). The average Bonchev–Trinajstić information content (AvgIpc) is 2.04. The number of hydrogen-bond acceptors (Lipinski definition) is 3. The molecule has 0 aromatic rings. The first-order valence-corrected chi connectivity index (χ1v) is 4.26. The molecule has 0 aliphatic heterocycles. The second kappa shape index (κ2) is 4.07. The molecule has 0 aromatic carbocycles. The van der Waals surface area contributed by atoms with Crippen LogP contribution in [0.1, 0.15) is 27.2 Å². The van der Waals surface area contributed by atoms with Crippen molar-refractivity contribution < 1.29 is 19.7 Å². The van der Waals surface area contributed by atoms with E-state index in [0.717, 1.165) is 0 Å². The Morgan fingerprint density at radius 3 is 2.15 bits per heavy atom. The minimum absolute atomic E-state index is 0.0306. The predicted octanol–water partition coefficient (Wildman–Crippen LogP) is 0.885. The molecule has 2 N–H and O–H groups in total. The van der Waals surface area contributed by atoms with Crippen LogP contribution >= 0.6 is 0 Å². The first-order chi connectivity index (χ1) is 5.81. The maximum atomic E-state index is 10.9. The van der Waals surface area contributed by atoms with Gasteiger partial charge in [0.05, 0.1) is 12.0 Å². The van der Waals surface area contributed by atoms with Crippen LogP contribution < -0.4 is 0 Å². The average molecular weight is 190 g/mol. The van der Waals surface area contributed by atoms with Crippen molar-refractivity contribution in [3.63, 3.8) is 0 Å². The van der Waals surface area contributed by atoms with E-state index < -0.39 is 17.0 Å². The smallest absolute Gasteiger partial charge is 0.312 e. The molecule has 78 valence electrons. The van der Waals surface area contributed by atoms with E-state index >= 15 is 0 Å². The SMILES string of the molecule is CCC(O)(COC)C(C)(C)C(=O)O. The van der Waals surface area contributed by atoms with Gasteiger partial charge in [-0.1, -0.05) is 6.92 Å². The molecule has 0 spiro atoms. The number of methoxy groups -OCH3 is 1. The molecule has 0 fully saturated rings. The van der Waals surface area contributed by atoms with E-state index in [1.807, 2.05) is 0 Å². The molecule has 0 heterocycles. The van der Waals surface area contributed by atoms with Gasteiger partial charge in [-0.3, -0.25) is 4.79 Å². The van der Waals surface area contributed by atoms with Crippen molar-refractivity contribution in [3.8, 4) is 0 Å². The minimum Gasteiger partial charge on any atom is -0.481 e. The van der Waals surface area contributed by atoms with Gasteiger partial charge >= 0.3 is 5.97 Å². The van der Waals surface area contributed by atoms with E-state index in [1.54, 1.807) is 6.92 Å². The topological polar surface area (TPSA) is 66.8 Å². The lowest BCUT2D eigenvalue weighted by atomic mass is 9.73. The van der Waals surface area contributed by atoms with Crippen molar-refractivity contribution in [2.75, 3.05) is 13.7 Å². The zero-order valence-electron chi connectivity index (χ0n) is 8.63. The van der Waals surface area contributed by atoms with E-state index in [-0.39, 0.29) is 6.61 Å². The van der Waals surface area contributed by atoms with Gasteiger partial charge in [-0.2, -0.15) is 0 Å². The van der Waals surface area contributed by atoms with Gasteiger partial charge in [-0.15, -0.1) is 0 Å². The lowest BCUT2D eigenvalue weighted by Gasteiger charge is -2.38. The number of rotatable bonds is 5. The summed E-state index contributed by atoms with van der Waals surface area (Å²) in [6, 6.07) is 0. The van der Waals surface area contributed by atoms with Gasteiger partial charge in [-0.25, -0.2) is 0 Å². The normalized spacial score (nSPS) is 16.7. The highest BCUT2D eigenvalue weighted by Gasteiger charge is 2.47. The summed E-state index contributed by atoms with van der Waals surface area (Å²) < 4.78 is 4.82. The first kappa shape index (κ1) is 12.4. The zero-order chi connectivity index (χ0) is 10.7. The highest BCUT2D eigenvalue weighted by atomic mass is 16.5. The van der Waals surface area contributed by atoms with Crippen LogP contribution in [0.25, 0.3) is 0 Å². The van der Waals surface area contributed by atoms with Gasteiger partial charge in [0.2, 0.25) is 0 Å². The lowest BCUT2D eigenvalue weighted by Crippen LogP contribution is -2.52. The van der Waals surface area contributed by atoms with Crippen molar-refractivity contribution in [2.24, 2.45) is 5.41 Å². The Hall–Kier alpha value is -0.610. The van der Waals surface area contributed by atoms with Crippen molar-refractivity contribution in [1.82, 2.24) is 0 Å². The highest BCUT2D eigenvalue weighted by molar-refractivity contribution is 5.75. The van der Waals surface area contributed by atoms with Gasteiger partial charge < -0.3 is 14.9 Å². The third-order valence-electron chi connectivity index (χ3n) is 2.67. The van der Waals surface area contributed by atoms with Crippen LogP contribution in [0.2, 0.25) is 0 Å². The summed E-state index contributed by atoms with van der Waals surface area (Å²) in [4.78, 5) is 10.9. The number of carboxylic acid groups (broad SMARTS) is 1. The molecule has 0 aliphatic carbocycles. The third-order valence-corrected chi connectivity index (χ3v) is 2.67. The summed E-state index contributed by atoms with van der Waals surface area (Å²) in [5, 5.41) is 18.9. The molecule has 1 atom stereocenters. The summed E-state index contributed by atoms with van der Waals surface area (Å²) in [6.45, 7) is 4.77. The molecule has 0 rings (SSSR count). The number of aliphatic hydroxyl groups is 1. The van der Waals surface area contributed by atoms with E-state index in [2.05, 4.69) is 0 Å². The summed E-state index contributed by atoms with van der Waals surface area (Å²) >= 11 is 0. The summed E-state index contributed by atoms with van der Waals surface area (Å²) in [5.74, 6) is -1.02. The molecule has 0 aromatic heterocycles. The fourth-order valence-electron chi connectivity index (χ4n) is 1.16. The van der Waals surface area contributed by atoms with Crippen molar-refractivity contribution in [2.45, 2.75) is 32.8 Å². The van der Waals surface area contributed by atoms with E-state index in [9.17, 15) is 9.90 Å². The second-order valence-corrected chi connectivity index (χ2v) is 3.75. The molecule has 4 heteroatoms. The Morgan fingerprint density at radius 2 is 1.92 bits per heavy atom. The van der Waals surface area contributed by atoms with E-state index in [4.69, 9.17) is 9.84 Å². The van der Waals surface area contributed by atoms with Crippen LogP contribution in [0.3, 0.4) is 0 Å². The Labute approximate surface area is 78.5 Å². The predicted molar refractivity (Wildman–Crippen MR) is 48.5 cm³/mol. The van der Waals surface area contributed by atoms with Crippen LogP contribution in [-0.2, 0) is 9.53 Å². The van der Waals surface area contributed by atoms with Crippen molar-refractivity contribution >= 4 is 5.97 Å². The van der Waals surface area contributed by atoms with Crippen molar-refractivity contribution in [3.05, 3.63) is 0 Å². The number of ether oxygens (including phenoxy) is 1. The zero-order valence-corrected chi connectivity index (χ0v) is 8.63. The molecule has 0 aliphatic rings. The number of hydrogen-bond donors (Lipinski definition) is 2. The number of carboxylic acids is 1. The van der Waals surface area contributed by atoms with E-state index in [1.165, 1.54) is 21.0 Å². The first-order valence-electron chi connectivity index (χ1n) is 4.26. The molecule has 13 heavy (non-hydrogen) atoms. The molecule has 0 bridgehead atoms. The Kier molecular flexibility index (Phi) is 3.88. The highest BCUT2D eigenvalue weighted by Crippen LogP contribution is 2.34. The summed E-state index contributed by atoms with van der Waals surface area (Å²) in [6.07, 6.45) is 0.347. The molecule has 0 saturated heterocycles. The second-order valence-electron chi connectivity index (χ2n) is 3.75. The maximum absolute atomic E-state index is 10.9. The summed E-state index contributed by atoms with van der Waals surface area (Å²) in [5.41, 5.74) is -2.51. The van der Waals surface area contributed by atoms with Crippen LogP contribution in [0.15, 0.2) is 0 Å². The van der Waals surface area contributed by atoms with Gasteiger partial charge in [-0.05, 0) is 20.3 Å². The Balaban J connectivity index is 4.82. The van der Waals surface area contributed by atoms with Crippen LogP contribution in [0, 0.1) is 5.41 Å². The molecule has 4 nitrogen and oxygen atoms in total. The van der Waals surface area contributed by atoms with Crippen LogP contribution in [0.4, 0.5) is 0 Å². The monoisotopic (exact) mass is 190 g/mol. The molecular formula is C9H18O4. The lowest BCUT2D eigenvalue weighted by molar-refractivity contribution is -0.172. The Bertz CT molecular complexity index is 188. The van der Waals surface area contributed by atoms with E-state index in [0.29, 0.717) is 6.42 Å². The van der Waals surface area contributed by atoms with Gasteiger partial charge in [0, 0.05) is 7.11 Å². The van der Waals surface area contributed by atoms with Crippen LogP contribution in [-0.4, -0.2) is 35.5 Å². The number of aliphatic carboxylic acids is 1. The Morgan fingerprint density at radius 1 is 1.46 bits per heavy atom. The number of carbonyl (C=O) groups is 1. The summed E-state index contributed by atoms with van der Waals surface area (Å²) in [7, 11) is 1.44. The quantitative estimate of drug-likeness (QED) is 0.675. The molecular weight excluding hydrogens is 172 g/mol. The fraction of sp³-hybridized carbons (Fsp3) is 0.889. The maximum Gasteiger partial charge on any atom is 0.312 e. The van der Waals surface area contributed by atoms with Gasteiger partial charge in [0.1, 0.15) is 5.60 Å². The fourth-order valence-corrected chi connectivity index (χ4v) is 1.16. The van der Waals surface area contributed by atoms with Crippen molar-refractivity contribution in [1.29, 1.82) is 0 Å². The minimum atomic E-state index is -1.31. The molecule has 0 radical (unpaired) electrons. The third kappa shape index (κ3) is 2.19. The van der Waals surface area contributed by atoms with Gasteiger partial charge in [0.25, 0.3) is 0 Å². The molecule has 0 saturated carbocycles. The molecule has 1 unspecified atom stereocenters.